The van der Waals surface area contributed by atoms with Crippen molar-refractivity contribution < 1.29 is 0 Å². The standard InChI is InChI=1S/C15H24ClNS2/c1-4-15(5-2,18-3)10-17-12-7-6-8-13-11(12)9-14(16)19-13/h9,12,17H,4-8,10H2,1-3H3. The smallest absolute Gasteiger partial charge is 0.0934 e. The van der Waals surface area contributed by atoms with Crippen LogP contribution in [0.15, 0.2) is 6.07 Å². The van der Waals surface area contributed by atoms with E-state index in [4.69, 9.17) is 11.6 Å². The summed E-state index contributed by atoms with van der Waals surface area (Å²) in [7, 11) is 0. The van der Waals surface area contributed by atoms with Crippen molar-refractivity contribution in [3.05, 3.63) is 20.8 Å². The fourth-order valence-electron chi connectivity index (χ4n) is 2.90. The van der Waals surface area contributed by atoms with Gasteiger partial charge in [0.1, 0.15) is 0 Å². The van der Waals surface area contributed by atoms with Gasteiger partial charge in [-0.25, -0.2) is 0 Å². The second-order valence-corrected chi connectivity index (χ2v) is 8.39. The summed E-state index contributed by atoms with van der Waals surface area (Å²) in [6, 6.07) is 2.69. The van der Waals surface area contributed by atoms with Gasteiger partial charge in [-0.05, 0) is 50.0 Å². The average molecular weight is 318 g/mol. The Morgan fingerprint density at radius 2 is 2.21 bits per heavy atom. The van der Waals surface area contributed by atoms with Crippen LogP contribution in [-0.2, 0) is 6.42 Å². The Bertz CT molecular complexity index is 404. The highest BCUT2D eigenvalue weighted by molar-refractivity contribution is 8.00. The second kappa shape index (κ2) is 6.84. The first-order valence-corrected chi connectivity index (χ1v) is 9.62. The molecule has 1 unspecified atom stereocenters. The molecule has 4 heteroatoms. The van der Waals surface area contributed by atoms with E-state index in [9.17, 15) is 0 Å². The Kier molecular flexibility index (Phi) is 5.65. The molecule has 1 atom stereocenters. The molecule has 0 spiro atoms. The Hall–Kier alpha value is 0.300. The third-order valence-corrected chi connectivity index (χ3v) is 7.40. The number of thioether (sulfide) groups is 1. The van der Waals surface area contributed by atoms with Crippen LogP contribution in [0.2, 0.25) is 4.34 Å². The molecule has 0 aromatic carbocycles. The number of fused-ring (bicyclic) bond motifs is 1. The number of hydrogen-bond acceptors (Lipinski definition) is 3. The van der Waals surface area contributed by atoms with Crippen LogP contribution in [0.5, 0.6) is 0 Å². The van der Waals surface area contributed by atoms with Crippen LogP contribution in [0, 0.1) is 0 Å². The van der Waals surface area contributed by atoms with Crippen LogP contribution >= 0.6 is 34.7 Å². The number of rotatable bonds is 6. The van der Waals surface area contributed by atoms with Gasteiger partial charge in [-0.15, -0.1) is 11.3 Å². The van der Waals surface area contributed by atoms with E-state index >= 15 is 0 Å². The monoisotopic (exact) mass is 317 g/mol. The molecule has 0 radical (unpaired) electrons. The lowest BCUT2D eigenvalue weighted by Crippen LogP contribution is -2.39. The summed E-state index contributed by atoms with van der Waals surface area (Å²) in [5, 5.41) is 3.81. The molecule has 1 aromatic rings. The van der Waals surface area contributed by atoms with Crippen molar-refractivity contribution in [3.8, 4) is 0 Å². The molecule has 0 bridgehead atoms. The predicted molar refractivity (Wildman–Crippen MR) is 89.8 cm³/mol. The Morgan fingerprint density at radius 3 is 2.84 bits per heavy atom. The minimum atomic E-state index is 0.386. The SMILES string of the molecule is CCC(CC)(CNC1CCCc2sc(Cl)cc21)SC. The summed E-state index contributed by atoms with van der Waals surface area (Å²) in [5.41, 5.74) is 1.46. The van der Waals surface area contributed by atoms with E-state index in [0.29, 0.717) is 10.8 Å². The first-order valence-electron chi connectivity index (χ1n) is 7.20. The molecule has 1 aliphatic rings. The maximum Gasteiger partial charge on any atom is 0.0934 e. The minimum Gasteiger partial charge on any atom is -0.309 e. The molecule has 0 aliphatic heterocycles. The lowest BCUT2D eigenvalue weighted by molar-refractivity contribution is 0.412. The van der Waals surface area contributed by atoms with Crippen molar-refractivity contribution in [2.75, 3.05) is 12.8 Å². The molecule has 1 N–H and O–H groups in total. The van der Waals surface area contributed by atoms with Crippen LogP contribution in [0.1, 0.15) is 56.0 Å². The van der Waals surface area contributed by atoms with Gasteiger partial charge in [0.2, 0.25) is 0 Å². The minimum absolute atomic E-state index is 0.386. The van der Waals surface area contributed by atoms with Crippen LogP contribution in [0.3, 0.4) is 0 Å². The van der Waals surface area contributed by atoms with Crippen LogP contribution < -0.4 is 5.32 Å². The van der Waals surface area contributed by atoms with Crippen LogP contribution in [0.25, 0.3) is 0 Å². The molecule has 0 saturated carbocycles. The maximum absolute atomic E-state index is 6.17. The van der Waals surface area contributed by atoms with Crippen molar-refractivity contribution >= 4 is 34.7 Å². The van der Waals surface area contributed by atoms with Crippen molar-refractivity contribution in [2.45, 2.75) is 56.7 Å². The van der Waals surface area contributed by atoms with Crippen molar-refractivity contribution in [1.82, 2.24) is 5.32 Å². The predicted octanol–water partition coefficient (Wildman–Crippen LogP) is 5.29. The summed E-state index contributed by atoms with van der Waals surface area (Å²) in [6.45, 7) is 5.70. The Balaban J connectivity index is 2.04. The van der Waals surface area contributed by atoms with E-state index in [1.807, 2.05) is 11.8 Å². The molecular formula is C15H24ClNS2. The summed E-state index contributed by atoms with van der Waals surface area (Å²) in [6.07, 6.45) is 8.43. The summed E-state index contributed by atoms with van der Waals surface area (Å²) in [4.78, 5) is 1.50. The molecule has 1 nitrogen and oxygen atoms in total. The normalized spacial score (nSPS) is 19.5. The summed E-state index contributed by atoms with van der Waals surface area (Å²) >= 11 is 9.95. The zero-order valence-electron chi connectivity index (χ0n) is 12.1. The van der Waals surface area contributed by atoms with Gasteiger partial charge in [0.25, 0.3) is 0 Å². The van der Waals surface area contributed by atoms with Crippen molar-refractivity contribution in [2.24, 2.45) is 0 Å². The van der Waals surface area contributed by atoms with E-state index in [2.05, 4.69) is 31.5 Å². The van der Waals surface area contributed by atoms with E-state index in [0.717, 1.165) is 10.9 Å². The lowest BCUT2D eigenvalue weighted by Gasteiger charge is -2.33. The topological polar surface area (TPSA) is 12.0 Å². The first kappa shape index (κ1) is 15.7. The van der Waals surface area contributed by atoms with Gasteiger partial charge < -0.3 is 5.32 Å². The fraction of sp³-hybridized carbons (Fsp3) is 0.733. The molecule has 0 fully saturated rings. The molecular weight excluding hydrogens is 294 g/mol. The zero-order valence-corrected chi connectivity index (χ0v) is 14.5. The number of hydrogen-bond donors (Lipinski definition) is 1. The van der Waals surface area contributed by atoms with Gasteiger partial charge >= 0.3 is 0 Å². The number of halogens is 1. The van der Waals surface area contributed by atoms with Gasteiger partial charge in [-0.2, -0.15) is 11.8 Å². The van der Waals surface area contributed by atoms with Gasteiger partial charge in [0, 0.05) is 22.2 Å². The highest BCUT2D eigenvalue weighted by Gasteiger charge is 2.28. The van der Waals surface area contributed by atoms with Crippen molar-refractivity contribution in [3.63, 3.8) is 0 Å². The first-order chi connectivity index (χ1) is 9.14. The van der Waals surface area contributed by atoms with Gasteiger partial charge in [-0.3, -0.25) is 0 Å². The Labute approximate surface area is 130 Å². The second-order valence-electron chi connectivity index (χ2n) is 5.35. The zero-order chi connectivity index (χ0) is 13.9. The highest BCUT2D eigenvalue weighted by atomic mass is 35.5. The molecule has 1 aromatic heterocycles. The molecule has 1 aliphatic carbocycles. The van der Waals surface area contributed by atoms with E-state index in [-0.39, 0.29) is 0 Å². The highest BCUT2D eigenvalue weighted by Crippen LogP contribution is 2.38. The van der Waals surface area contributed by atoms with E-state index in [1.165, 1.54) is 42.5 Å². The van der Waals surface area contributed by atoms with Gasteiger partial charge in [0.05, 0.1) is 4.34 Å². The average Bonchev–Trinajstić information content (AvgIpc) is 2.82. The largest absolute Gasteiger partial charge is 0.309 e. The number of thiophene rings is 1. The van der Waals surface area contributed by atoms with Crippen molar-refractivity contribution in [1.29, 1.82) is 0 Å². The maximum atomic E-state index is 6.17. The third-order valence-electron chi connectivity index (χ3n) is 4.48. The summed E-state index contributed by atoms with van der Waals surface area (Å²) < 4.78 is 1.33. The van der Waals surface area contributed by atoms with E-state index in [1.54, 1.807) is 11.3 Å². The lowest BCUT2D eigenvalue weighted by atomic mass is 9.93. The Morgan fingerprint density at radius 1 is 1.47 bits per heavy atom. The number of nitrogens with one attached hydrogen (secondary N) is 1. The van der Waals surface area contributed by atoms with E-state index < -0.39 is 0 Å². The molecule has 0 amide bonds. The van der Waals surface area contributed by atoms with Gasteiger partial charge in [0.15, 0.2) is 0 Å². The van der Waals surface area contributed by atoms with Gasteiger partial charge in [-0.1, -0.05) is 25.4 Å². The molecule has 2 rings (SSSR count). The molecule has 108 valence electrons. The van der Waals surface area contributed by atoms with Crippen LogP contribution in [0.4, 0.5) is 0 Å². The molecule has 1 heterocycles. The molecule has 0 saturated heterocycles. The quantitative estimate of drug-likeness (QED) is 0.765. The number of aryl methyl sites for hydroxylation is 1. The third kappa shape index (κ3) is 3.49. The summed E-state index contributed by atoms with van der Waals surface area (Å²) in [5.74, 6) is 0. The molecule has 19 heavy (non-hydrogen) atoms. The fourth-order valence-corrected chi connectivity index (χ4v) is 5.09. The van der Waals surface area contributed by atoms with Crippen LogP contribution in [-0.4, -0.2) is 17.5 Å².